The molecule has 0 unspecified atom stereocenters. The van der Waals surface area contributed by atoms with Gasteiger partial charge in [-0.2, -0.15) is 0 Å². The molecule has 1 saturated carbocycles. The first-order valence-electron chi connectivity index (χ1n) is 9.85. The number of anilines is 1. The lowest BCUT2D eigenvalue weighted by atomic mass is 9.92. The summed E-state index contributed by atoms with van der Waals surface area (Å²) in [6, 6.07) is 3.63. The van der Waals surface area contributed by atoms with Crippen LogP contribution in [0.4, 0.5) is 14.5 Å². The van der Waals surface area contributed by atoms with Gasteiger partial charge in [-0.05, 0) is 25.0 Å². The fraction of sp³-hybridized carbons (Fsp3) is 0.550. The van der Waals surface area contributed by atoms with E-state index in [0.717, 1.165) is 6.42 Å². The summed E-state index contributed by atoms with van der Waals surface area (Å²) < 4.78 is 32.9. The van der Waals surface area contributed by atoms with E-state index in [0.29, 0.717) is 43.2 Å². The number of nitrogens with one attached hydrogen (secondary N) is 1. The molecule has 2 fully saturated rings. The van der Waals surface area contributed by atoms with Crippen LogP contribution < -0.4 is 10.1 Å². The zero-order valence-corrected chi connectivity index (χ0v) is 16.7. The topological polar surface area (TPSA) is 66.8 Å². The fourth-order valence-corrected chi connectivity index (χ4v) is 4.13. The van der Waals surface area contributed by atoms with Crippen molar-refractivity contribution >= 4 is 29.3 Å². The van der Waals surface area contributed by atoms with Gasteiger partial charge in [0.25, 0.3) is 0 Å². The molecule has 4 rings (SSSR count). The van der Waals surface area contributed by atoms with Crippen LogP contribution in [-0.2, 0) is 4.79 Å². The average molecular weight is 425 g/mol. The van der Waals surface area contributed by atoms with Gasteiger partial charge in [-0.25, -0.2) is 13.8 Å². The fourth-order valence-electron chi connectivity index (χ4n) is 3.90. The maximum absolute atomic E-state index is 13.4. The lowest BCUT2D eigenvalue weighted by Crippen LogP contribution is -2.32. The molecule has 29 heavy (non-hydrogen) atoms. The predicted octanol–water partition coefficient (Wildman–Crippen LogP) is 3.63. The van der Waals surface area contributed by atoms with E-state index < -0.39 is 5.92 Å². The van der Waals surface area contributed by atoms with Crippen molar-refractivity contribution in [1.82, 2.24) is 9.88 Å². The van der Waals surface area contributed by atoms with E-state index >= 15 is 0 Å². The Balaban J connectivity index is 1.39. The van der Waals surface area contributed by atoms with E-state index in [2.05, 4.69) is 15.3 Å². The number of halogens is 3. The van der Waals surface area contributed by atoms with Gasteiger partial charge >= 0.3 is 0 Å². The Hall–Kier alpha value is -2.22. The number of ether oxygens (including phenoxy) is 1. The van der Waals surface area contributed by atoms with E-state index in [1.54, 1.807) is 18.5 Å². The first-order chi connectivity index (χ1) is 13.9. The SMILES string of the molecule is O=C1CN=CC(N2CC[C@@H](Oc3ncccc3NC3CCC(F)(F)CC3)C2)=C1Cl. The van der Waals surface area contributed by atoms with Gasteiger partial charge in [-0.3, -0.25) is 9.79 Å². The quantitative estimate of drug-likeness (QED) is 0.781. The largest absolute Gasteiger partial charge is 0.471 e. The van der Waals surface area contributed by atoms with Crippen LogP contribution in [0.2, 0.25) is 0 Å². The molecule has 1 aliphatic carbocycles. The molecule has 0 spiro atoms. The van der Waals surface area contributed by atoms with Gasteiger partial charge < -0.3 is 15.0 Å². The molecule has 0 amide bonds. The first-order valence-corrected chi connectivity index (χ1v) is 10.2. The average Bonchev–Trinajstić information content (AvgIpc) is 3.15. The summed E-state index contributed by atoms with van der Waals surface area (Å²) in [4.78, 5) is 22.2. The summed E-state index contributed by atoms with van der Waals surface area (Å²) >= 11 is 6.16. The Morgan fingerprint density at radius 2 is 2.07 bits per heavy atom. The second-order valence-electron chi connectivity index (χ2n) is 7.70. The van der Waals surface area contributed by atoms with Crippen LogP contribution in [0.5, 0.6) is 5.88 Å². The normalized spacial score (nSPS) is 24.9. The van der Waals surface area contributed by atoms with E-state index in [9.17, 15) is 13.6 Å². The van der Waals surface area contributed by atoms with Crippen LogP contribution in [0.25, 0.3) is 0 Å². The number of Topliss-reactive ketones (excluding diaryl/α,β-unsaturated/α-hetero) is 1. The van der Waals surface area contributed by atoms with Crippen LogP contribution in [0.1, 0.15) is 32.1 Å². The molecular weight excluding hydrogens is 402 g/mol. The molecule has 156 valence electrons. The molecule has 1 aromatic rings. The van der Waals surface area contributed by atoms with Crippen LogP contribution >= 0.6 is 11.6 Å². The molecule has 2 aliphatic heterocycles. The molecule has 0 radical (unpaired) electrons. The van der Waals surface area contributed by atoms with E-state index in [1.807, 2.05) is 11.0 Å². The Bertz CT molecular complexity index is 836. The maximum atomic E-state index is 13.4. The molecule has 1 atom stereocenters. The summed E-state index contributed by atoms with van der Waals surface area (Å²) in [5.74, 6) is -2.27. The van der Waals surface area contributed by atoms with Gasteiger partial charge in [0.05, 0.1) is 17.9 Å². The third kappa shape index (κ3) is 4.69. The summed E-state index contributed by atoms with van der Waals surface area (Å²) in [7, 11) is 0. The molecule has 9 heteroatoms. The summed E-state index contributed by atoms with van der Waals surface area (Å²) in [6.07, 6.45) is 4.54. The first kappa shape index (κ1) is 20.1. The molecule has 0 aromatic carbocycles. The lowest BCUT2D eigenvalue weighted by molar-refractivity contribution is -0.113. The molecule has 3 heterocycles. The summed E-state index contributed by atoms with van der Waals surface area (Å²) in [5.41, 5.74) is 1.35. The van der Waals surface area contributed by atoms with Crippen molar-refractivity contribution in [2.24, 2.45) is 4.99 Å². The summed E-state index contributed by atoms with van der Waals surface area (Å²) in [6.45, 7) is 1.35. The van der Waals surface area contributed by atoms with Gasteiger partial charge in [0.15, 0.2) is 5.78 Å². The molecule has 1 aromatic heterocycles. The number of hydrogen-bond donors (Lipinski definition) is 1. The minimum atomic E-state index is -2.56. The van der Waals surface area contributed by atoms with Gasteiger partial charge in [0.1, 0.15) is 17.7 Å². The minimum absolute atomic E-state index is 0.0188. The molecule has 0 bridgehead atoms. The Morgan fingerprint density at radius 1 is 1.28 bits per heavy atom. The molecule has 6 nitrogen and oxygen atoms in total. The Morgan fingerprint density at radius 3 is 2.86 bits per heavy atom. The van der Waals surface area contributed by atoms with Gasteiger partial charge in [0.2, 0.25) is 11.8 Å². The number of hydrogen-bond acceptors (Lipinski definition) is 6. The minimum Gasteiger partial charge on any atom is -0.471 e. The third-order valence-corrected chi connectivity index (χ3v) is 5.93. The highest BCUT2D eigenvalue weighted by molar-refractivity contribution is 6.44. The summed E-state index contributed by atoms with van der Waals surface area (Å²) in [5, 5.41) is 3.54. The number of nitrogens with zero attached hydrogens (tertiary/aromatic N) is 3. The number of rotatable bonds is 5. The standard InChI is InChI=1S/C20H23ClF2N4O2/c21-18-16(10-24-11-17(18)28)27-9-5-14(12-27)29-19-15(2-1-8-25-19)26-13-3-6-20(22,23)7-4-13/h1-2,8,10,13-14,26H,3-7,9,11-12H2/t14-/m1/s1. The van der Waals surface area contributed by atoms with Gasteiger partial charge in [-0.15, -0.1) is 0 Å². The van der Waals surface area contributed by atoms with Crippen molar-refractivity contribution < 1.29 is 18.3 Å². The molecule has 1 saturated heterocycles. The number of aliphatic imine (C=N–C) groups is 1. The van der Waals surface area contributed by atoms with E-state index in [4.69, 9.17) is 16.3 Å². The van der Waals surface area contributed by atoms with Crippen molar-refractivity contribution in [2.75, 3.05) is 25.0 Å². The van der Waals surface area contributed by atoms with Gasteiger partial charge in [-0.1, -0.05) is 11.6 Å². The van der Waals surface area contributed by atoms with Crippen LogP contribution in [-0.4, -0.2) is 59.6 Å². The number of alkyl halides is 2. The van der Waals surface area contributed by atoms with Crippen molar-refractivity contribution in [3.05, 3.63) is 29.1 Å². The van der Waals surface area contributed by atoms with Crippen LogP contribution in [0.15, 0.2) is 34.1 Å². The second kappa shape index (κ2) is 8.26. The highest BCUT2D eigenvalue weighted by Crippen LogP contribution is 2.35. The van der Waals surface area contributed by atoms with Gasteiger partial charge in [0, 0.05) is 44.3 Å². The Kier molecular flexibility index (Phi) is 5.72. The zero-order chi connectivity index (χ0) is 20.4. The zero-order valence-electron chi connectivity index (χ0n) is 15.9. The smallest absolute Gasteiger partial charge is 0.248 e. The third-order valence-electron chi connectivity index (χ3n) is 5.53. The highest BCUT2D eigenvalue weighted by atomic mass is 35.5. The van der Waals surface area contributed by atoms with Crippen molar-refractivity contribution in [3.8, 4) is 5.88 Å². The predicted molar refractivity (Wildman–Crippen MR) is 107 cm³/mol. The Labute approximate surface area is 173 Å². The number of dihydropyridines is 1. The number of ketones is 1. The molecule has 3 aliphatic rings. The van der Waals surface area contributed by atoms with Crippen LogP contribution in [0, 0.1) is 0 Å². The number of pyridine rings is 1. The number of carbonyl (C=O) groups excluding carboxylic acids is 1. The highest BCUT2D eigenvalue weighted by Gasteiger charge is 2.35. The maximum Gasteiger partial charge on any atom is 0.248 e. The molecule has 1 N–H and O–H groups in total. The monoisotopic (exact) mass is 424 g/mol. The number of allylic oxidation sites excluding steroid dienone is 1. The van der Waals surface area contributed by atoms with E-state index in [1.165, 1.54) is 0 Å². The number of aromatic nitrogens is 1. The van der Waals surface area contributed by atoms with E-state index in [-0.39, 0.29) is 42.3 Å². The van der Waals surface area contributed by atoms with Crippen molar-refractivity contribution in [2.45, 2.75) is 50.2 Å². The van der Waals surface area contributed by atoms with Crippen LogP contribution in [0.3, 0.4) is 0 Å². The number of likely N-dealkylation sites (tertiary alicyclic amines) is 1. The van der Waals surface area contributed by atoms with Crippen molar-refractivity contribution in [3.63, 3.8) is 0 Å². The second-order valence-corrected chi connectivity index (χ2v) is 8.08. The number of carbonyl (C=O) groups is 1. The van der Waals surface area contributed by atoms with Crippen molar-refractivity contribution in [1.29, 1.82) is 0 Å². The lowest BCUT2D eigenvalue weighted by Gasteiger charge is -2.30. The molecular formula is C20H23ClF2N4O2.